The van der Waals surface area contributed by atoms with E-state index in [1.807, 2.05) is 32.1 Å². The predicted octanol–water partition coefficient (Wildman–Crippen LogP) is 15.2. The molecule has 0 saturated heterocycles. The number of allylic oxidation sites excluding steroid dienone is 6. The molecule has 1 heterocycles. The van der Waals surface area contributed by atoms with Crippen molar-refractivity contribution in [3.8, 4) is 0 Å². The second kappa shape index (κ2) is 23.5. The molecule has 2 aliphatic rings. The maximum absolute atomic E-state index is 4.64. The summed E-state index contributed by atoms with van der Waals surface area (Å²) in [5, 5.41) is 0. The molecule has 2 atom stereocenters. The standard InChI is InChI=1S/C39H58N2.C8H10.C2H6.CH3Cl/c1-13-28(3)18-16-15-17-19-36-40(20-21-41(36)37-30(5)22-29(4)23-31(37)6)27-34-33(26-38(7,8)9)24-32(14-2)25-35(34)39(10,11)12;1-2-8-6-4-3-5-7-8;2*1-2/h13-14,18,20-22,24-25,29,36H,1-2,15-17,19,23,26-27H2,3-12H3;3-7H,2H2,1H3;1-2H3;1H3/b28-18-;;;. The Bertz CT molecular complexity index is 1520. The van der Waals surface area contributed by atoms with Gasteiger partial charge >= 0.3 is 0 Å². The SMILES string of the molecule is C=C/C(C)=C\CCCCC1N(Cc2c(CC(C)(C)C)cc(C=C)cc2C(C)(C)C)C=CN1C1=C(C)CC(C)C=C1C.CC.CCc1ccccc1.CCl. The lowest BCUT2D eigenvalue weighted by atomic mass is 9.77. The van der Waals surface area contributed by atoms with Crippen LogP contribution in [0.5, 0.6) is 0 Å². The first-order valence-corrected chi connectivity index (χ1v) is 20.9. The van der Waals surface area contributed by atoms with E-state index in [0.717, 1.165) is 38.6 Å². The summed E-state index contributed by atoms with van der Waals surface area (Å²) in [7, 11) is 0. The molecule has 0 aromatic heterocycles. The van der Waals surface area contributed by atoms with E-state index in [-0.39, 0.29) is 10.8 Å². The highest BCUT2D eigenvalue weighted by molar-refractivity contribution is 6.15. The summed E-state index contributed by atoms with van der Waals surface area (Å²) in [4.78, 5) is 5.22. The highest BCUT2D eigenvalue weighted by Crippen LogP contribution is 2.39. The van der Waals surface area contributed by atoms with Crippen molar-refractivity contribution in [1.29, 1.82) is 0 Å². The Hall–Kier alpha value is -3.23. The topological polar surface area (TPSA) is 6.48 Å². The molecule has 0 spiro atoms. The highest BCUT2D eigenvalue weighted by Gasteiger charge is 2.33. The van der Waals surface area contributed by atoms with Crippen LogP contribution in [0.2, 0.25) is 0 Å². The van der Waals surface area contributed by atoms with E-state index < -0.39 is 0 Å². The zero-order valence-corrected chi connectivity index (χ0v) is 37.3. The van der Waals surface area contributed by atoms with Gasteiger partial charge in [-0.25, -0.2) is 0 Å². The second-order valence-corrected chi connectivity index (χ2v) is 16.7. The Morgan fingerprint density at radius 3 is 2.09 bits per heavy atom. The number of alkyl halides is 1. The maximum Gasteiger partial charge on any atom is 0.106 e. The van der Waals surface area contributed by atoms with Crippen LogP contribution in [0.15, 0.2) is 109 Å². The van der Waals surface area contributed by atoms with Gasteiger partial charge in [0.25, 0.3) is 0 Å². The number of hydrogen-bond acceptors (Lipinski definition) is 2. The lowest BCUT2D eigenvalue weighted by molar-refractivity contribution is 0.160. The Balaban J connectivity index is 0.00000101. The molecule has 4 rings (SSSR count). The third-order valence-electron chi connectivity index (χ3n) is 9.75. The van der Waals surface area contributed by atoms with Crippen molar-refractivity contribution >= 4 is 17.7 Å². The number of rotatable bonds is 12. The predicted molar refractivity (Wildman–Crippen MR) is 240 cm³/mol. The molecule has 2 nitrogen and oxygen atoms in total. The lowest BCUT2D eigenvalue weighted by Crippen LogP contribution is -2.39. The summed E-state index contributed by atoms with van der Waals surface area (Å²) in [6, 6.07) is 15.2. The number of halogens is 1. The third-order valence-corrected chi connectivity index (χ3v) is 9.75. The zero-order chi connectivity index (χ0) is 40.4. The van der Waals surface area contributed by atoms with Crippen molar-refractivity contribution in [1.82, 2.24) is 9.80 Å². The average Bonchev–Trinajstić information content (AvgIpc) is 3.50. The molecule has 294 valence electrons. The summed E-state index contributed by atoms with van der Waals surface area (Å²) >= 11 is 4.64. The van der Waals surface area contributed by atoms with Crippen LogP contribution in [0.25, 0.3) is 6.08 Å². The van der Waals surface area contributed by atoms with E-state index in [9.17, 15) is 0 Å². The van der Waals surface area contributed by atoms with Gasteiger partial charge in [0, 0.05) is 31.0 Å². The summed E-state index contributed by atoms with van der Waals surface area (Å²) in [5.41, 5.74) is 12.9. The Labute approximate surface area is 333 Å². The van der Waals surface area contributed by atoms with Crippen LogP contribution in [0.1, 0.15) is 150 Å². The van der Waals surface area contributed by atoms with Gasteiger partial charge < -0.3 is 9.80 Å². The minimum Gasteiger partial charge on any atom is -0.351 e. The molecule has 0 radical (unpaired) electrons. The van der Waals surface area contributed by atoms with Gasteiger partial charge in [0.2, 0.25) is 0 Å². The first-order valence-electron chi connectivity index (χ1n) is 20.2. The molecule has 1 aliphatic heterocycles. The fourth-order valence-corrected chi connectivity index (χ4v) is 7.35. The Morgan fingerprint density at radius 2 is 1.58 bits per heavy atom. The molecule has 1 aliphatic carbocycles. The quantitative estimate of drug-likeness (QED) is 0.121. The number of hydrogen-bond donors (Lipinski definition) is 0. The first-order chi connectivity index (χ1) is 25.1. The summed E-state index contributed by atoms with van der Waals surface area (Å²) < 4.78 is 0. The van der Waals surface area contributed by atoms with E-state index in [1.165, 1.54) is 69.5 Å². The van der Waals surface area contributed by atoms with Crippen LogP contribution >= 0.6 is 11.6 Å². The molecule has 2 unspecified atom stereocenters. The molecule has 0 bridgehead atoms. The summed E-state index contributed by atoms with van der Waals surface area (Å²) in [5.74, 6) is 0.609. The number of unbranched alkanes of at least 4 members (excludes halogenated alkanes) is 2. The molecular weight excluding hydrogens is 664 g/mol. The monoisotopic (exact) mass is 741 g/mol. The summed E-state index contributed by atoms with van der Waals surface area (Å²) in [6.07, 6.45) is 23.3. The minimum absolute atomic E-state index is 0.0485. The van der Waals surface area contributed by atoms with E-state index in [1.54, 1.807) is 0 Å². The molecule has 53 heavy (non-hydrogen) atoms. The van der Waals surface area contributed by atoms with Crippen molar-refractivity contribution < 1.29 is 0 Å². The average molecular weight is 742 g/mol. The van der Waals surface area contributed by atoms with Crippen LogP contribution in [0, 0.1) is 11.3 Å². The lowest BCUT2D eigenvalue weighted by Gasteiger charge is -2.38. The smallest absolute Gasteiger partial charge is 0.106 e. The molecule has 0 N–H and O–H groups in total. The van der Waals surface area contributed by atoms with Crippen LogP contribution in [-0.4, -0.2) is 22.3 Å². The number of aryl methyl sites for hydroxylation is 1. The van der Waals surface area contributed by atoms with E-state index in [2.05, 4.69) is 172 Å². The van der Waals surface area contributed by atoms with Crippen molar-refractivity contribution in [2.75, 3.05) is 6.38 Å². The fraction of sp³-hybridized carbons (Fsp3) is 0.520. The third kappa shape index (κ3) is 15.6. The fourth-order valence-electron chi connectivity index (χ4n) is 7.35. The van der Waals surface area contributed by atoms with Gasteiger partial charge in [-0.15, -0.1) is 11.6 Å². The van der Waals surface area contributed by atoms with Gasteiger partial charge in [-0.2, -0.15) is 0 Å². The second-order valence-electron chi connectivity index (χ2n) is 16.7. The zero-order valence-electron chi connectivity index (χ0n) is 36.5. The van der Waals surface area contributed by atoms with Gasteiger partial charge in [-0.05, 0) is 121 Å². The van der Waals surface area contributed by atoms with Gasteiger partial charge in [0.05, 0.1) is 0 Å². The number of benzene rings is 2. The largest absolute Gasteiger partial charge is 0.351 e. The molecular formula is C50H77ClN2. The van der Waals surface area contributed by atoms with E-state index in [0.29, 0.717) is 12.1 Å². The van der Waals surface area contributed by atoms with Crippen molar-refractivity contribution in [2.45, 2.75) is 153 Å². The first kappa shape index (κ1) is 47.8. The van der Waals surface area contributed by atoms with E-state index >= 15 is 0 Å². The minimum atomic E-state index is 0.0485. The van der Waals surface area contributed by atoms with Gasteiger partial charge in [-0.1, -0.05) is 155 Å². The maximum atomic E-state index is 4.64. The van der Waals surface area contributed by atoms with E-state index in [4.69, 9.17) is 0 Å². The van der Waals surface area contributed by atoms with Crippen LogP contribution in [0.4, 0.5) is 0 Å². The normalized spacial score (nSPS) is 17.2. The van der Waals surface area contributed by atoms with Crippen LogP contribution in [-0.2, 0) is 24.8 Å². The van der Waals surface area contributed by atoms with Crippen molar-refractivity contribution in [3.05, 3.63) is 136 Å². The highest BCUT2D eigenvalue weighted by atomic mass is 35.5. The van der Waals surface area contributed by atoms with Crippen molar-refractivity contribution in [3.63, 3.8) is 0 Å². The van der Waals surface area contributed by atoms with Crippen LogP contribution < -0.4 is 0 Å². The molecule has 0 saturated carbocycles. The van der Waals surface area contributed by atoms with Gasteiger partial charge in [0.15, 0.2) is 0 Å². The van der Waals surface area contributed by atoms with Crippen molar-refractivity contribution in [2.24, 2.45) is 11.3 Å². The molecule has 3 heteroatoms. The van der Waals surface area contributed by atoms with Gasteiger partial charge in [-0.3, -0.25) is 0 Å². The Kier molecular flexibility index (Phi) is 21.2. The number of nitrogens with zero attached hydrogens (tertiary/aromatic N) is 2. The Morgan fingerprint density at radius 1 is 0.943 bits per heavy atom. The van der Waals surface area contributed by atoms with Crippen LogP contribution in [0.3, 0.4) is 0 Å². The molecule has 0 amide bonds. The summed E-state index contributed by atoms with van der Waals surface area (Å²) in [6.45, 7) is 38.4. The van der Waals surface area contributed by atoms with Gasteiger partial charge in [0.1, 0.15) is 6.17 Å². The molecule has 2 aromatic rings. The molecule has 2 aromatic carbocycles. The molecule has 0 fully saturated rings.